The van der Waals surface area contributed by atoms with E-state index in [2.05, 4.69) is 13.2 Å². The van der Waals surface area contributed by atoms with Crippen LogP contribution in [0.5, 0.6) is 0 Å². The largest absolute Gasteiger partial charge is 0.472 e. The molecule has 0 spiro atoms. The summed E-state index contributed by atoms with van der Waals surface area (Å²) in [6.07, 6.45) is -37.1. The number of methoxy groups -OCH3 is 2. The second kappa shape index (κ2) is 33.8. The molecule has 103 heavy (non-hydrogen) atoms. The van der Waals surface area contributed by atoms with E-state index in [0.717, 1.165) is 39.3 Å². The van der Waals surface area contributed by atoms with Crippen LogP contribution in [0.2, 0.25) is 0 Å². The lowest BCUT2D eigenvalue weighted by molar-refractivity contribution is -0.342. The molecule has 576 valence electrons. The number of aldehydes is 1. The van der Waals surface area contributed by atoms with Crippen molar-refractivity contribution in [3.63, 3.8) is 0 Å². The van der Waals surface area contributed by atoms with Crippen molar-refractivity contribution in [2.24, 2.45) is 59.2 Å². The van der Waals surface area contributed by atoms with E-state index < -0.39 is 282 Å². The molecule has 0 aromatic heterocycles. The highest BCUT2D eigenvalue weighted by Crippen LogP contribution is 2.52. The van der Waals surface area contributed by atoms with Crippen molar-refractivity contribution in [3.05, 3.63) is 84.3 Å². The fourth-order valence-corrected chi connectivity index (χ4v) is 15.2. The maximum atomic E-state index is 15.3. The Morgan fingerprint density at radius 1 is 0.437 bits per heavy atom. The number of rotatable bonds is 24. The first-order chi connectivity index (χ1) is 49.1. The Labute approximate surface area is 587 Å². The zero-order valence-corrected chi connectivity index (χ0v) is 56.0. The molecule has 2 saturated carbocycles. The number of ether oxygens (including phenoxy) is 16. The molecule has 36 atom stereocenters. The van der Waals surface area contributed by atoms with E-state index in [0.29, 0.717) is 6.29 Å². The summed E-state index contributed by atoms with van der Waals surface area (Å²) in [6.45, 7) is 7.78. The van der Waals surface area contributed by atoms with E-state index in [-0.39, 0.29) is 35.1 Å². The second-order valence-corrected chi connectivity index (χ2v) is 26.8. The molecule has 37 nitrogen and oxygen atoms in total. The van der Waals surface area contributed by atoms with Crippen LogP contribution in [0.4, 0.5) is 0 Å². The van der Waals surface area contributed by atoms with E-state index in [1.165, 1.54) is 18.2 Å². The summed E-state index contributed by atoms with van der Waals surface area (Å²) in [6, 6.07) is 0. The number of aliphatic hydroxyl groups excluding tert-OH is 16. The first-order valence-corrected chi connectivity index (χ1v) is 33.4. The summed E-state index contributed by atoms with van der Waals surface area (Å²) >= 11 is 0. The van der Waals surface area contributed by atoms with Gasteiger partial charge in [-0.1, -0.05) is 32.1 Å². The molecule has 6 fully saturated rings. The van der Waals surface area contributed by atoms with Gasteiger partial charge in [0.25, 0.3) is 0 Å². The molecular weight excluding hydrogens is 1380 g/mol. The van der Waals surface area contributed by atoms with Crippen LogP contribution in [0, 0.1) is 59.2 Å². The summed E-state index contributed by atoms with van der Waals surface area (Å²) in [5.74, 6) is -15.1. The molecule has 0 amide bonds. The number of esters is 4. The summed E-state index contributed by atoms with van der Waals surface area (Å²) in [7, 11) is 2.22. The Hall–Kier alpha value is -6.03. The first-order valence-electron chi connectivity index (χ1n) is 33.4. The standard InChI is InChI=1S/C66H90O37/c1-7-25-27(30(18-90-59(25)100-63-51(80)47(76)43(72)36(14-68)96-63)57(86)94-34-11-28-31(55(84)88-5)19-92-61(40(28)22(34)3)102-65-53(82)49(78)45(74)38(16-70)98-65)10-9-24(13-67)42-26(8-2)60(101-64-52(81)48(77)44(73)37(15-69)97-64)91-21-33(42)58(87)95-35-12-29-32(56(85)89-6)20-93-62(41(29)23(35)4)103-66-54(83)50(79)46(75)39(17-71)99-66/h7-9,13,18-23,25-29,34-54,59-66,68-83H,1-2,10-12,14-17H2,3-6H3/b24-9+/t22-,23+,25+,26+,27-,28+,29+,34-,35+,36+,37+,38+,39+,40+,41+,42-,43+,44+,45+,46+,47-,48-,49-,50-,51+,52+,53+,54+,59-,60-,61-,62-,63-,64-,65-,66-/m0/s1. The highest BCUT2D eigenvalue weighted by atomic mass is 16.8. The minimum absolute atomic E-state index is 0.0243. The molecular formula is C66H90O37. The Balaban J connectivity index is 0.986. The van der Waals surface area contributed by atoms with Crippen molar-refractivity contribution in [2.45, 2.75) is 193 Å². The first kappa shape index (κ1) is 79.5. The van der Waals surface area contributed by atoms with E-state index in [1.54, 1.807) is 13.8 Å². The van der Waals surface area contributed by atoms with Gasteiger partial charge in [0.15, 0.2) is 25.2 Å². The van der Waals surface area contributed by atoms with Crippen LogP contribution in [0.25, 0.3) is 0 Å². The van der Waals surface area contributed by atoms with Crippen LogP contribution in [0.15, 0.2) is 84.3 Å². The molecule has 16 N–H and O–H groups in total. The second-order valence-electron chi connectivity index (χ2n) is 26.8. The third-order valence-electron chi connectivity index (χ3n) is 21.2. The van der Waals surface area contributed by atoms with Crippen molar-refractivity contribution < 1.29 is 181 Å². The van der Waals surface area contributed by atoms with Gasteiger partial charge in [-0.15, -0.1) is 13.2 Å². The highest BCUT2D eigenvalue weighted by molar-refractivity contribution is 5.93. The highest BCUT2D eigenvalue weighted by Gasteiger charge is 2.59. The predicted octanol–water partition coefficient (Wildman–Crippen LogP) is -6.72. The van der Waals surface area contributed by atoms with Gasteiger partial charge in [0.2, 0.25) is 25.2 Å². The lowest BCUT2D eigenvalue weighted by Crippen LogP contribution is -2.60. The minimum atomic E-state index is -2.02. The van der Waals surface area contributed by atoms with Gasteiger partial charge < -0.3 is 157 Å². The van der Waals surface area contributed by atoms with Crippen molar-refractivity contribution >= 4 is 30.2 Å². The van der Waals surface area contributed by atoms with Crippen LogP contribution < -0.4 is 0 Å². The van der Waals surface area contributed by atoms with Crippen LogP contribution in [-0.2, 0) is 99.8 Å². The van der Waals surface area contributed by atoms with Crippen LogP contribution in [0.1, 0.15) is 33.1 Å². The minimum Gasteiger partial charge on any atom is -0.472 e. The summed E-state index contributed by atoms with van der Waals surface area (Å²) < 4.78 is 93.4. The van der Waals surface area contributed by atoms with E-state index in [1.807, 2.05) is 0 Å². The number of fused-ring (bicyclic) bond motifs is 2. The molecule has 0 bridgehead atoms. The van der Waals surface area contributed by atoms with E-state index in [4.69, 9.17) is 75.8 Å². The molecule has 0 radical (unpaired) electrons. The number of carbonyl (C=O) groups is 5. The normalized spacial score (nSPS) is 45.3. The fraction of sp³-hybridized carbons (Fsp3) is 0.712. The Kier molecular flexibility index (Phi) is 26.1. The zero-order chi connectivity index (χ0) is 74.9. The van der Waals surface area contributed by atoms with Crippen molar-refractivity contribution in [2.75, 3.05) is 40.6 Å². The molecule has 10 rings (SSSR count). The molecule has 0 aromatic carbocycles. The van der Waals surface area contributed by atoms with E-state index >= 15 is 9.59 Å². The van der Waals surface area contributed by atoms with Gasteiger partial charge >= 0.3 is 23.9 Å². The third kappa shape index (κ3) is 15.6. The summed E-state index contributed by atoms with van der Waals surface area (Å²) in [5.41, 5.74) is -1.13. The molecule has 8 aliphatic heterocycles. The predicted molar refractivity (Wildman–Crippen MR) is 330 cm³/mol. The van der Waals surface area contributed by atoms with Gasteiger partial charge in [-0.25, -0.2) is 19.2 Å². The summed E-state index contributed by atoms with van der Waals surface area (Å²) in [4.78, 5) is 71.3. The molecule has 37 heteroatoms. The quantitative estimate of drug-likeness (QED) is 0.0140. The number of carbonyl (C=O) groups excluding carboxylic acids is 5. The lowest BCUT2D eigenvalue weighted by atomic mass is 9.76. The molecule has 0 unspecified atom stereocenters. The molecule has 0 aromatic rings. The van der Waals surface area contributed by atoms with Gasteiger partial charge in [-0.2, -0.15) is 0 Å². The number of hydrogen-bond acceptors (Lipinski definition) is 37. The van der Waals surface area contributed by atoms with Crippen molar-refractivity contribution in [1.29, 1.82) is 0 Å². The fourth-order valence-electron chi connectivity index (χ4n) is 15.2. The monoisotopic (exact) mass is 1470 g/mol. The van der Waals surface area contributed by atoms with Crippen molar-refractivity contribution in [3.8, 4) is 0 Å². The Morgan fingerprint density at radius 2 is 0.757 bits per heavy atom. The van der Waals surface area contributed by atoms with Gasteiger partial charge in [0, 0.05) is 53.3 Å². The molecule has 8 heterocycles. The Morgan fingerprint density at radius 3 is 1.10 bits per heavy atom. The van der Waals surface area contributed by atoms with Gasteiger partial charge in [-0.05, 0) is 24.8 Å². The lowest BCUT2D eigenvalue weighted by Gasteiger charge is -2.43. The zero-order valence-electron chi connectivity index (χ0n) is 56.0. The van der Waals surface area contributed by atoms with Gasteiger partial charge in [0.05, 0.1) is 93.9 Å². The molecule has 4 saturated heterocycles. The van der Waals surface area contributed by atoms with Crippen LogP contribution in [0.3, 0.4) is 0 Å². The average Bonchev–Trinajstić information content (AvgIpc) is 1.67. The molecule has 10 aliphatic rings. The number of hydrogen-bond donors (Lipinski definition) is 16. The average molecular weight is 1480 g/mol. The number of aliphatic hydroxyl groups is 16. The topological polar surface area (TPSA) is 557 Å². The van der Waals surface area contributed by atoms with Crippen LogP contribution >= 0.6 is 0 Å². The van der Waals surface area contributed by atoms with E-state index in [9.17, 15) is 96.1 Å². The SMILES string of the molecule is C=C[C@H]1[C@H](O[C@@H]2O[C@H](CO)[C@@H](O)[C@H](O)[C@H]2O)OC=C(C(=O)O[C@H]2C[C@@H]3C(C(=O)OC)=CO[C@@H](O[C@@H]4O[C@H](CO)[C@@H](O)[C@H](O)[C@H]4O)[C@@H]3[C@H]2C)[C@H]1C/C=C(\C=O)[C@@H]1C(C(=O)O[C@@H]2C[C@@H]3C(C(=O)OC)=CO[C@@H](O[C@@H]4O[C@H](CO)[C@@H](O)[C@H](O)[C@H]4O)[C@@H]3[C@@H]2C)=CO[C@@H](O[C@@H]2O[C@H](CO)[C@@H](O)[C@H](O)[C@H]2O)[C@@H]1C=C. The van der Waals surface area contributed by atoms with Gasteiger partial charge in [0.1, 0.15) is 116 Å². The smallest absolute Gasteiger partial charge is 0.338 e. The summed E-state index contributed by atoms with van der Waals surface area (Å²) in [5, 5.41) is 169. The van der Waals surface area contributed by atoms with Crippen molar-refractivity contribution in [1.82, 2.24) is 0 Å². The Bertz CT molecular complexity index is 3170. The maximum Gasteiger partial charge on any atom is 0.338 e. The van der Waals surface area contributed by atoms with Crippen LogP contribution in [-0.4, -0.2) is 313 Å². The van der Waals surface area contributed by atoms with Gasteiger partial charge in [-0.3, -0.25) is 4.79 Å². The molecule has 2 aliphatic carbocycles. The maximum absolute atomic E-state index is 15.3. The number of allylic oxidation sites excluding steroid dienone is 2. The third-order valence-corrected chi connectivity index (χ3v) is 21.2.